The molecule has 0 spiro atoms. The SMILES string of the molecule is CCC(C)(C)C1CC(=Cc2cccc(Cl)c2Cl)c2nc3ccccc3c(C(=O)O)c2C1. The van der Waals surface area contributed by atoms with Crippen LogP contribution in [0.5, 0.6) is 0 Å². The van der Waals surface area contributed by atoms with Gasteiger partial charge in [-0.05, 0) is 59.1 Å². The number of hydrogen-bond donors (Lipinski definition) is 1. The third-order valence-corrected chi connectivity index (χ3v) is 7.59. The van der Waals surface area contributed by atoms with E-state index in [0.717, 1.165) is 35.2 Å². The van der Waals surface area contributed by atoms with Crippen LogP contribution in [-0.2, 0) is 6.42 Å². The Kier molecular flexibility index (Phi) is 5.85. The van der Waals surface area contributed by atoms with Gasteiger partial charge >= 0.3 is 5.97 Å². The molecule has 2 aromatic carbocycles. The van der Waals surface area contributed by atoms with Gasteiger partial charge in [0.15, 0.2) is 0 Å². The molecule has 0 fully saturated rings. The van der Waals surface area contributed by atoms with Crippen LogP contribution in [0, 0.1) is 11.3 Å². The fraction of sp³-hybridized carbons (Fsp3) is 0.308. The van der Waals surface area contributed by atoms with Crippen molar-refractivity contribution in [3.05, 3.63) is 74.9 Å². The molecule has 1 heterocycles. The molecule has 0 bridgehead atoms. The van der Waals surface area contributed by atoms with Gasteiger partial charge in [0.1, 0.15) is 0 Å². The Hall–Kier alpha value is -2.36. The molecule has 1 aromatic heterocycles. The molecule has 160 valence electrons. The van der Waals surface area contributed by atoms with Gasteiger partial charge in [-0.25, -0.2) is 9.78 Å². The highest BCUT2D eigenvalue weighted by molar-refractivity contribution is 6.43. The molecule has 4 rings (SSSR count). The van der Waals surface area contributed by atoms with Crippen molar-refractivity contribution in [1.82, 2.24) is 4.98 Å². The molecule has 31 heavy (non-hydrogen) atoms. The Morgan fingerprint density at radius 1 is 1.16 bits per heavy atom. The van der Waals surface area contributed by atoms with E-state index in [1.54, 1.807) is 6.07 Å². The number of carboxylic acid groups (broad SMARTS) is 1. The highest BCUT2D eigenvalue weighted by Crippen LogP contribution is 2.46. The molecule has 0 amide bonds. The lowest BCUT2D eigenvalue weighted by atomic mass is 9.67. The van der Waals surface area contributed by atoms with Crippen molar-refractivity contribution in [3.63, 3.8) is 0 Å². The van der Waals surface area contributed by atoms with Crippen LogP contribution in [0.3, 0.4) is 0 Å². The van der Waals surface area contributed by atoms with E-state index in [2.05, 4.69) is 20.8 Å². The van der Waals surface area contributed by atoms with Crippen LogP contribution in [0.1, 0.15) is 60.8 Å². The number of hydrogen-bond acceptors (Lipinski definition) is 2. The summed E-state index contributed by atoms with van der Waals surface area (Å²) in [6, 6.07) is 13.0. The highest BCUT2D eigenvalue weighted by atomic mass is 35.5. The maximum absolute atomic E-state index is 12.4. The van der Waals surface area contributed by atoms with E-state index >= 15 is 0 Å². The zero-order valence-electron chi connectivity index (χ0n) is 17.9. The third kappa shape index (κ3) is 3.97. The smallest absolute Gasteiger partial charge is 0.336 e. The van der Waals surface area contributed by atoms with Crippen LogP contribution in [0.2, 0.25) is 10.0 Å². The van der Waals surface area contributed by atoms with Crippen molar-refractivity contribution in [2.75, 3.05) is 0 Å². The lowest BCUT2D eigenvalue weighted by Gasteiger charge is -2.38. The second-order valence-corrected chi connectivity index (χ2v) is 9.68. The number of rotatable bonds is 4. The first-order valence-corrected chi connectivity index (χ1v) is 11.3. The minimum Gasteiger partial charge on any atom is -0.478 e. The molecule has 0 saturated heterocycles. The molecule has 0 aliphatic heterocycles. The lowest BCUT2D eigenvalue weighted by Crippen LogP contribution is -2.30. The van der Waals surface area contributed by atoms with E-state index in [0.29, 0.717) is 32.9 Å². The first-order valence-electron chi connectivity index (χ1n) is 10.5. The molecule has 1 aliphatic rings. The number of nitrogens with zero attached hydrogens (tertiary/aromatic N) is 1. The predicted molar refractivity (Wildman–Crippen MR) is 129 cm³/mol. The van der Waals surface area contributed by atoms with Crippen molar-refractivity contribution >= 4 is 51.7 Å². The van der Waals surface area contributed by atoms with Gasteiger partial charge < -0.3 is 5.11 Å². The van der Waals surface area contributed by atoms with Crippen LogP contribution >= 0.6 is 23.2 Å². The maximum Gasteiger partial charge on any atom is 0.336 e. The lowest BCUT2D eigenvalue weighted by molar-refractivity contribution is 0.0696. The molecule has 1 unspecified atom stereocenters. The first-order chi connectivity index (χ1) is 14.7. The summed E-state index contributed by atoms with van der Waals surface area (Å²) in [5.74, 6) is -0.625. The molecule has 3 aromatic rings. The van der Waals surface area contributed by atoms with E-state index in [1.807, 2.05) is 42.5 Å². The van der Waals surface area contributed by atoms with Gasteiger partial charge in [0.25, 0.3) is 0 Å². The van der Waals surface area contributed by atoms with E-state index < -0.39 is 5.97 Å². The fourth-order valence-corrected chi connectivity index (χ4v) is 4.79. The molecular formula is C26H25Cl2NO2. The van der Waals surface area contributed by atoms with Crippen LogP contribution < -0.4 is 0 Å². The normalized spacial score (nSPS) is 17.7. The van der Waals surface area contributed by atoms with Crippen molar-refractivity contribution in [1.29, 1.82) is 0 Å². The van der Waals surface area contributed by atoms with Crippen molar-refractivity contribution in [2.45, 2.75) is 40.0 Å². The van der Waals surface area contributed by atoms with E-state index in [1.165, 1.54) is 0 Å². The molecule has 0 saturated carbocycles. The molecule has 3 nitrogen and oxygen atoms in total. The maximum atomic E-state index is 12.4. The van der Waals surface area contributed by atoms with Crippen molar-refractivity contribution < 1.29 is 9.90 Å². The van der Waals surface area contributed by atoms with Gasteiger partial charge in [-0.1, -0.05) is 80.7 Å². The first kappa shape index (κ1) is 21.9. The Bertz CT molecular complexity index is 1210. The number of fused-ring (bicyclic) bond motifs is 2. The minimum atomic E-state index is -0.912. The van der Waals surface area contributed by atoms with Crippen molar-refractivity contribution in [2.24, 2.45) is 11.3 Å². The summed E-state index contributed by atoms with van der Waals surface area (Å²) in [7, 11) is 0. The number of carboxylic acids is 1. The Morgan fingerprint density at radius 2 is 1.90 bits per heavy atom. The molecule has 5 heteroatoms. The van der Waals surface area contributed by atoms with Gasteiger partial charge in [-0.2, -0.15) is 0 Å². The van der Waals surface area contributed by atoms with Gasteiger partial charge in [-0.3, -0.25) is 0 Å². The number of benzene rings is 2. The topological polar surface area (TPSA) is 50.2 Å². The second-order valence-electron chi connectivity index (χ2n) is 8.90. The molecular weight excluding hydrogens is 429 g/mol. The summed E-state index contributed by atoms with van der Waals surface area (Å²) in [6.07, 6.45) is 4.53. The van der Waals surface area contributed by atoms with Crippen LogP contribution in [-0.4, -0.2) is 16.1 Å². The molecule has 1 atom stereocenters. The van der Waals surface area contributed by atoms with E-state index in [4.69, 9.17) is 28.2 Å². The zero-order chi connectivity index (χ0) is 22.3. The zero-order valence-corrected chi connectivity index (χ0v) is 19.4. The summed E-state index contributed by atoms with van der Waals surface area (Å²) in [6.45, 7) is 6.69. The number of allylic oxidation sites excluding steroid dienone is 1. The van der Waals surface area contributed by atoms with E-state index in [-0.39, 0.29) is 11.3 Å². The Balaban J connectivity index is 2.02. The quantitative estimate of drug-likeness (QED) is 0.438. The molecule has 1 aliphatic carbocycles. The predicted octanol–water partition coefficient (Wildman–Crippen LogP) is 7.78. The van der Waals surface area contributed by atoms with Crippen LogP contribution in [0.25, 0.3) is 22.6 Å². The van der Waals surface area contributed by atoms with Gasteiger partial charge in [0.05, 0.1) is 26.8 Å². The Morgan fingerprint density at radius 3 is 2.61 bits per heavy atom. The average molecular weight is 454 g/mol. The van der Waals surface area contributed by atoms with Crippen molar-refractivity contribution in [3.8, 4) is 0 Å². The molecule has 1 N–H and O–H groups in total. The van der Waals surface area contributed by atoms with Gasteiger partial charge in [0.2, 0.25) is 0 Å². The summed E-state index contributed by atoms with van der Waals surface area (Å²) in [5, 5.41) is 11.8. The second kappa shape index (κ2) is 8.29. The monoisotopic (exact) mass is 453 g/mol. The van der Waals surface area contributed by atoms with Crippen LogP contribution in [0.4, 0.5) is 0 Å². The number of halogens is 2. The van der Waals surface area contributed by atoms with Gasteiger partial charge in [0, 0.05) is 5.39 Å². The molecule has 0 radical (unpaired) electrons. The number of carbonyl (C=O) groups is 1. The average Bonchev–Trinajstić information content (AvgIpc) is 2.75. The number of aromatic nitrogens is 1. The summed E-state index contributed by atoms with van der Waals surface area (Å²) in [4.78, 5) is 17.3. The Labute approximate surface area is 192 Å². The minimum absolute atomic E-state index is 0.0519. The summed E-state index contributed by atoms with van der Waals surface area (Å²) < 4.78 is 0. The van der Waals surface area contributed by atoms with Crippen LogP contribution in [0.15, 0.2) is 42.5 Å². The fourth-order valence-electron chi connectivity index (χ4n) is 4.43. The number of aromatic carboxylic acids is 1. The highest BCUT2D eigenvalue weighted by Gasteiger charge is 2.36. The van der Waals surface area contributed by atoms with E-state index in [9.17, 15) is 9.90 Å². The van der Waals surface area contributed by atoms with Gasteiger partial charge in [-0.15, -0.1) is 0 Å². The number of para-hydroxylation sites is 1. The summed E-state index contributed by atoms with van der Waals surface area (Å²) in [5.41, 5.74) is 4.50. The number of pyridine rings is 1. The third-order valence-electron chi connectivity index (χ3n) is 6.76. The summed E-state index contributed by atoms with van der Waals surface area (Å²) >= 11 is 12.7. The largest absolute Gasteiger partial charge is 0.478 e. The standard InChI is InChI=1S/C26H25Cl2NO2/c1-4-26(2,3)17-13-16(12-15-8-7-10-20(27)23(15)28)24-19(14-17)22(25(30)31)18-9-5-6-11-21(18)29-24/h5-12,17H,4,13-14H2,1-3H3,(H,30,31).